The zero-order valence-corrected chi connectivity index (χ0v) is 10.2. The van der Waals surface area contributed by atoms with Crippen molar-refractivity contribution in [1.29, 1.82) is 0 Å². The van der Waals surface area contributed by atoms with Gasteiger partial charge in [-0.2, -0.15) is 5.10 Å². The molecular weight excluding hydrogens is 256 g/mol. The van der Waals surface area contributed by atoms with Crippen LogP contribution in [-0.2, 0) is 6.42 Å². The summed E-state index contributed by atoms with van der Waals surface area (Å²) >= 11 is 3.47. The average molecular weight is 269 g/mol. The lowest BCUT2D eigenvalue weighted by atomic mass is 10.3. The van der Waals surface area contributed by atoms with E-state index in [1.54, 1.807) is 4.52 Å². The molecule has 0 unspecified atom stereocenters. The largest absolute Gasteiger partial charge is 0.330 e. The van der Waals surface area contributed by atoms with Crippen LogP contribution in [0.25, 0.3) is 5.65 Å². The predicted octanol–water partition coefficient (Wildman–Crippen LogP) is 1.69. The number of nitrogens with two attached hydrogens (primary N) is 1. The van der Waals surface area contributed by atoms with Crippen molar-refractivity contribution in [2.24, 2.45) is 5.73 Å². The summed E-state index contributed by atoms with van der Waals surface area (Å²) in [6.07, 6.45) is 3.70. The van der Waals surface area contributed by atoms with E-state index in [1.807, 2.05) is 19.2 Å². The summed E-state index contributed by atoms with van der Waals surface area (Å²) in [7, 11) is 0. The molecule has 2 aromatic rings. The second-order valence-corrected chi connectivity index (χ2v) is 4.38. The molecule has 15 heavy (non-hydrogen) atoms. The Balaban J connectivity index is 2.38. The number of rotatable bonds is 3. The lowest BCUT2D eigenvalue weighted by molar-refractivity contribution is 0.773. The lowest BCUT2D eigenvalue weighted by Gasteiger charge is -1.96. The molecule has 0 aromatic carbocycles. The van der Waals surface area contributed by atoms with Crippen LogP contribution in [0.15, 0.2) is 16.7 Å². The van der Waals surface area contributed by atoms with Gasteiger partial charge in [0, 0.05) is 17.1 Å². The first-order chi connectivity index (χ1) is 7.20. The molecule has 0 amide bonds. The highest BCUT2D eigenvalue weighted by Gasteiger charge is 2.05. The van der Waals surface area contributed by atoms with Gasteiger partial charge in [-0.25, -0.2) is 9.50 Å². The molecule has 0 saturated heterocycles. The summed E-state index contributed by atoms with van der Waals surface area (Å²) in [4.78, 5) is 4.43. The Kier molecular flexibility index (Phi) is 3.02. The summed E-state index contributed by atoms with van der Waals surface area (Å²) in [6, 6.07) is 2.02. The topological polar surface area (TPSA) is 56.2 Å². The third kappa shape index (κ3) is 2.18. The highest BCUT2D eigenvalue weighted by molar-refractivity contribution is 9.10. The van der Waals surface area contributed by atoms with E-state index in [4.69, 9.17) is 5.73 Å². The van der Waals surface area contributed by atoms with E-state index in [2.05, 4.69) is 26.0 Å². The maximum Gasteiger partial charge on any atom is 0.155 e. The highest BCUT2D eigenvalue weighted by Crippen LogP contribution is 2.16. The fourth-order valence-electron chi connectivity index (χ4n) is 1.41. The number of pyridine rings is 1. The molecule has 2 heterocycles. The first kappa shape index (κ1) is 10.6. The van der Waals surface area contributed by atoms with Crippen molar-refractivity contribution in [2.45, 2.75) is 19.8 Å². The van der Waals surface area contributed by atoms with Crippen LogP contribution in [0.4, 0.5) is 0 Å². The summed E-state index contributed by atoms with van der Waals surface area (Å²) in [5, 5.41) is 4.37. The molecule has 0 aliphatic rings. The fourth-order valence-corrected chi connectivity index (χ4v) is 1.72. The van der Waals surface area contributed by atoms with Crippen molar-refractivity contribution >= 4 is 21.6 Å². The molecule has 0 saturated carbocycles. The van der Waals surface area contributed by atoms with Crippen LogP contribution in [0.1, 0.15) is 17.8 Å². The Labute approximate surface area is 96.6 Å². The number of aromatic nitrogens is 3. The zero-order valence-electron chi connectivity index (χ0n) is 8.57. The Morgan fingerprint density at radius 3 is 3.07 bits per heavy atom. The number of halogens is 1. The molecule has 0 fully saturated rings. The molecule has 0 atom stereocenters. The van der Waals surface area contributed by atoms with E-state index in [1.165, 1.54) is 5.56 Å². The minimum absolute atomic E-state index is 0.679. The lowest BCUT2D eigenvalue weighted by Crippen LogP contribution is -2.01. The Morgan fingerprint density at radius 1 is 1.53 bits per heavy atom. The van der Waals surface area contributed by atoms with Gasteiger partial charge in [-0.15, -0.1) is 0 Å². The molecule has 2 rings (SSSR count). The van der Waals surface area contributed by atoms with Crippen LogP contribution < -0.4 is 5.73 Å². The third-order valence-electron chi connectivity index (χ3n) is 2.26. The predicted molar refractivity (Wildman–Crippen MR) is 62.8 cm³/mol. The van der Waals surface area contributed by atoms with Gasteiger partial charge in [-0.3, -0.25) is 0 Å². The summed E-state index contributed by atoms with van der Waals surface area (Å²) in [6.45, 7) is 2.72. The number of hydrogen-bond acceptors (Lipinski definition) is 3. The van der Waals surface area contributed by atoms with Gasteiger partial charge >= 0.3 is 0 Å². The first-order valence-corrected chi connectivity index (χ1v) is 5.71. The van der Waals surface area contributed by atoms with Gasteiger partial charge < -0.3 is 5.73 Å². The van der Waals surface area contributed by atoms with E-state index >= 15 is 0 Å². The van der Waals surface area contributed by atoms with Crippen LogP contribution in [0.5, 0.6) is 0 Å². The molecule has 2 aromatic heterocycles. The smallest absolute Gasteiger partial charge is 0.155 e. The quantitative estimate of drug-likeness (QED) is 0.922. The van der Waals surface area contributed by atoms with Crippen molar-refractivity contribution in [3.05, 3.63) is 28.1 Å². The van der Waals surface area contributed by atoms with Gasteiger partial charge in [-0.05, 0) is 47.4 Å². The standard InChI is InChI=1S/C10H13BrN4/c1-7-5-10-13-9(3-2-4-12)14-15(10)6-8(7)11/h5-6H,2-4,12H2,1H3. The molecule has 2 N–H and O–H groups in total. The highest BCUT2D eigenvalue weighted by atomic mass is 79.9. The molecule has 0 spiro atoms. The maximum absolute atomic E-state index is 5.45. The minimum Gasteiger partial charge on any atom is -0.330 e. The second-order valence-electron chi connectivity index (χ2n) is 3.53. The Bertz CT molecular complexity index is 438. The van der Waals surface area contributed by atoms with E-state index < -0.39 is 0 Å². The minimum atomic E-state index is 0.679. The molecule has 0 aliphatic carbocycles. The van der Waals surface area contributed by atoms with Gasteiger partial charge in [0.2, 0.25) is 0 Å². The van der Waals surface area contributed by atoms with E-state index in [-0.39, 0.29) is 0 Å². The Morgan fingerprint density at radius 2 is 2.33 bits per heavy atom. The molecule has 5 heteroatoms. The third-order valence-corrected chi connectivity index (χ3v) is 3.09. The molecule has 0 bridgehead atoms. The molecule has 0 aliphatic heterocycles. The summed E-state index contributed by atoms with van der Waals surface area (Å²) in [5.74, 6) is 0.859. The van der Waals surface area contributed by atoms with Gasteiger partial charge in [-0.1, -0.05) is 0 Å². The van der Waals surface area contributed by atoms with Crippen LogP contribution in [0, 0.1) is 6.92 Å². The number of nitrogens with zero attached hydrogens (tertiary/aromatic N) is 3. The number of aryl methyl sites for hydroxylation is 2. The summed E-state index contributed by atoms with van der Waals surface area (Å²) in [5.41, 5.74) is 7.51. The second kappa shape index (κ2) is 4.28. The van der Waals surface area contributed by atoms with Gasteiger partial charge in [0.15, 0.2) is 11.5 Å². The van der Waals surface area contributed by atoms with Gasteiger partial charge in [0.25, 0.3) is 0 Å². The van der Waals surface area contributed by atoms with Crippen molar-refractivity contribution in [3.8, 4) is 0 Å². The van der Waals surface area contributed by atoms with E-state index in [0.29, 0.717) is 6.54 Å². The first-order valence-electron chi connectivity index (χ1n) is 4.92. The average Bonchev–Trinajstić information content (AvgIpc) is 2.58. The maximum atomic E-state index is 5.45. The van der Waals surface area contributed by atoms with E-state index in [0.717, 1.165) is 28.8 Å². The van der Waals surface area contributed by atoms with Crippen molar-refractivity contribution in [1.82, 2.24) is 14.6 Å². The van der Waals surface area contributed by atoms with Crippen LogP contribution in [-0.4, -0.2) is 21.1 Å². The molecule has 4 nitrogen and oxygen atoms in total. The molecule has 0 radical (unpaired) electrons. The van der Waals surface area contributed by atoms with Crippen molar-refractivity contribution < 1.29 is 0 Å². The monoisotopic (exact) mass is 268 g/mol. The Hall–Kier alpha value is -0.940. The number of hydrogen-bond donors (Lipinski definition) is 1. The van der Waals surface area contributed by atoms with Crippen molar-refractivity contribution in [2.75, 3.05) is 6.54 Å². The zero-order chi connectivity index (χ0) is 10.8. The van der Waals surface area contributed by atoms with Crippen molar-refractivity contribution in [3.63, 3.8) is 0 Å². The van der Waals surface area contributed by atoms with E-state index in [9.17, 15) is 0 Å². The van der Waals surface area contributed by atoms with Crippen LogP contribution >= 0.6 is 15.9 Å². The fraction of sp³-hybridized carbons (Fsp3) is 0.400. The van der Waals surface area contributed by atoms with Gasteiger partial charge in [0.05, 0.1) is 0 Å². The van der Waals surface area contributed by atoms with Crippen LogP contribution in [0.2, 0.25) is 0 Å². The molecule has 80 valence electrons. The normalized spacial score (nSPS) is 11.1. The molecular formula is C10H13BrN4. The summed E-state index contributed by atoms with van der Waals surface area (Å²) < 4.78 is 2.84. The SMILES string of the molecule is Cc1cc2nc(CCCN)nn2cc1Br. The van der Waals surface area contributed by atoms with Crippen LogP contribution in [0.3, 0.4) is 0 Å². The number of fused-ring (bicyclic) bond motifs is 1. The van der Waals surface area contributed by atoms with Gasteiger partial charge in [0.1, 0.15) is 0 Å².